The van der Waals surface area contributed by atoms with Gasteiger partial charge in [0.1, 0.15) is 0 Å². The van der Waals surface area contributed by atoms with E-state index in [4.69, 9.17) is 0 Å². The Morgan fingerprint density at radius 1 is 0.778 bits per heavy atom. The summed E-state index contributed by atoms with van der Waals surface area (Å²) in [5.74, 6) is -0.415. The van der Waals surface area contributed by atoms with Gasteiger partial charge in [-0.25, -0.2) is 0 Å². The number of rotatable bonds is 5. The fourth-order valence-electron chi connectivity index (χ4n) is 2.80. The molecule has 0 unspecified atom stereocenters. The fraction of sp³-hybridized carbons (Fsp3) is 0.130. The van der Waals surface area contributed by atoms with Gasteiger partial charge in [0.25, 0.3) is 5.91 Å². The molecular weight excluding hydrogens is 336 g/mol. The van der Waals surface area contributed by atoms with Crippen LogP contribution in [0.1, 0.15) is 27.0 Å². The highest BCUT2D eigenvalue weighted by Crippen LogP contribution is 2.18. The molecule has 0 fully saturated rings. The first-order chi connectivity index (χ1) is 13.0. The SMILES string of the molecule is Cc1ccc(CC(=O)Nc2ccccc2C(=O)Nc2cccc(C)c2)cc1. The summed E-state index contributed by atoms with van der Waals surface area (Å²) in [6.45, 7) is 3.97. The minimum atomic E-state index is -0.258. The van der Waals surface area contributed by atoms with E-state index in [1.807, 2.05) is 62.4 Å². The zero-order valence-electron chi connectivity index (χ0n) is 15.5. The average molecular weight is 358 g/mol. The van der Waals surface area contributed by atoms with Crippen molar-refractivity contribution >= 4 is 23.2 Å². The Labute approximate surface area is 159 Å². The Kier molecular flexibility index (Phi) is 5.67. The first-order valence-corrected chi connectivity index (χ1v) is 8.84. The number of hydrogen-bond donors (Lipinski definition) is 2. The van der Waals surface area contributed by atoms with Crippen LogP contribution < -0.4 is 10.6 Å². The quantitative estimate of drug-likeness (QED) is 0.692. The summed E-state index contributed by atoms with van der Waals surface area (Å²) >= 11 is 0. The molecule has 0 aliphatic heterocycles. The van der Waals surface area contributed by atoms with Crippen LogP contribution in [0.5, 0.6) is 0 Å². The third kappa shape index (κ3) is 5.05. The van der Waals surface area contributed by atoms with Crippen molar-refractivity contribution in [3.05, 3.63) is 95.1 Å². The molecule has 136 valence electrons. The van der Waals surface area contributed by atoms with Crippen molar-refractivity contribution < 1.29 is 9.59 Å². The molecule has 0 spiro atoms. The highest BCUT2D eigenvalue weighted by Gasteiger charge is 2.13. The number of hydrogen-bond acceptors (Lipinski definition) is 2. The van der Waals surface area contributed by atoms with Crippen molar-refractivity contribution in [3.63, 3.8) is 0 Å². The summed E-state index contributed by atoms with van der Waals surface area (Å²) in [5.41, 5.74) is 4.79. The van der Waals surface area contributed by atoms with Gasteiger partial charge in [-0.2, -0.15) is 0 Å². The number of carbonyl (C=O) groups is 2. The highest BCUT2D eigenvalue weighted by molar-refractivity contribution is 6.10. The Bertz CT molecular complexity index is 962. The Morgan fingerprint density at radius 3 is 2.26 bits per heavy atom. The van der Waals surface area contributed by atoms with Crippen LogP contribution in [0, 0.1) is 13.8 Å². The third-order valence-electron chi connectivity index (χ3n) is 4.21. The molecule has 3 aromatic rings. The molecule has 0 bridgehead atoms. The predicted octanol–water partition coefficient (Wildman–Crippen LogP) is 4.74. The summed E-state index contributed by atoms with van der Waals surface area (Å²) < 4.78 is 0. The van der Waals surface area contributed by atoms with E-state index in [1.165, 1.54) is 0 Å². The average Bonchev–Trinajstić information content (AvgIpc) is 2.64. The lowest BCUT2D eigenvalue weighted by Gasteiger charge is -2.12. The first kappa shape index (κ1) is 18.4. The number of aryl methyl sites for hydroxylation is 2. The largest absolute Gasteiger partial charge is 0.325 e. The van der Waals surface area contributed by atoms with Crippen LogP contribution in [-0.2, 0) is 11.2 Å². The smallest absolute Gasteiger partial charge is 0.257 e. The molecule has 3 aromatic carbocycles. The number of nitrogens with one attached hydrogen (secondary N) is 2. The van der Waals surface area contributed by atoms with Gasteiger partial charge in [-0.05, 0) is 49.2 Å². The topological polar surface area (TPSA) is 58.2 Å². The molecule has 0 aliphatic rings. The summed E-state index contributed by atoms with van der Waals surface area (Å²) in [4.78, 5) is 25.1. The molecule has 0 saturated heterocycles. The van der Waals surface area contributed by atoms with Crippen LogP contribution >= 0.6 is 0 Å². The van der Waals surface area contributed by atoms with E-state index in [1.54, 1.807) is 24.3 Å². The van der Waals surface area contributed by atoms with Gasteiger partial charge in [0.15, 0.2) is 0 Å². The highest BCUT2D eigenvalue weighted by atomic mass is 16.2. The van der Waals surface area contributed by atoms with E-state index in [-0.39, 0.29) is 18.2 Å². The second-order valence-corrected chi connectivity index (χ2v) is 6.58. The van der Waals surface area contributed by atoms with Crippen molar-refractivity contribution in [2.45, 2.75) is 20.3 Å². The Morgan fingerprint density at radius 2 is 1.52 bits per heavy atom. The van der Waals surface area contributed by atoms with Gasteiger partial charge in [0.05, 0.1) is 17.7 Å². The molecule has 0 heterocycles. The number of para-hydroxylation sites is 1. The lowest BCUT2D eigenvalue weighted by molar-refractivity contribution is -0.115. The van der Waals surface area contributed by atoms with E-state index < -0.39 is 0 Å². The zero-order valence-corrected chi connectivity index (χ0v) is 15.5. The van der Waals surface area contributed by atoms with Gasteiger partial charge >= 0.3 is 0 Å². The molecule has 3 rings (SSSR count). The summed E-state index contributed by atoms with van der Waals surface area (Å²) in [6.07, 6.45) is 0.258. The molecule has 27 heavy (non-hydrogen) atoms. The second kappa shape index (κ2) is 8.32. The third-order valence-corrected chi connectivity index (χ3v) is 4.21. The Balaban J connectivity index is 1.72. The zero-order chi connectivity index (χ0) is 19.2. The van der Waals surface area contributed by atoms with Gasteiger partial charge in [0, 0.05) is 5.69 Å². The molecule has 0 atom stereocenters. The fourth-order valence-corrected chi connectivity index (χ4v) is 2.80. The Hall–Kier alpha value is -3.40. The maximum atomic E-state index is 12.7. The summed E-state index contributed by atoms with van der Waals surface area (Å²) in [6, 6.07) is 22.4. The van der Waals surface area contributed by atoms with Crippen molar-refractivity contribution in [1.82, 2.24) is 0 Å². The minimum Gasteiger partial charge on any atom is -0.325 e. The van der Waals surface area contributed by atoms with Crippen molar-refractivity contribution in [3.8, 4) is 0 Å². The molecule has 0 aliphatic carbocycles. The summed E-state index contributed by atoms with van der Waals surface area (Å²) in [7, 11) is 0. The van der Waals surface area contributed by atoms with E-state index in [9.17, 15) is 9.59 Å². The van der Waals surface area contributed by atoms with Gasteiger partial charge in [-0.3, -0.25) is 9.59 Å². The van der Waals surface area contributed by atoms with Gasteiger partial charge in [-0.15, -0.1) is 0 Å². The van der Waals surface area contributed by atoms with Crippen LogP contribution in [0.25, 0.3) is 0 Å². The molecule has 2 N–H and O–H groups in total. The van der Waals surface area contributed by atoms with E-state index >= 15 is 0 Å². The van der Waals surface area contributed by atoms with Crippen LogP contribution in [-0.4, -0.2) is 11.8 Å². The maximum absolute atomic E-state index is 12.7. The molecule has 0 saturated carbocycles. The number of amides is 2. The van der Waals surface area contributed by atoms with Crippen molar-refractivity contribution in [1.29, 1.82) is 0 Å². The van der Waals surface area contributed by atoms with Gasteiger partial charge in [0.2, 0.25) is 5.91 Å². The van der Waals surface area contributed by atoms with Crippen molar-refractivity contribution in [2.75, 3.05) is 10.6 Å². The lowest BCUT2D eigenvalue weighted by Crippen LogP contribution is -2.19. The van der Waals surface area contributed by atoms with Crippen LogP contribution in [0.3, 0.4) is 0 Å². The van der Waals surface area contributed by atoms with E-state index in [2.05, 4.69) is 10.6 Å². The van der Waals surface area contributed by atoms with Gasteiger partial charge < -0.3 is 10.6 Å². The number of benzene rings is 3. The van der Waals surface area contributed by atoms with Crippen LogP contribution in [0.4, 0.5) is 11.4 Å². The summed E-state index contributed by atoms with van der Waals surface area (Å²) in [5, 5.41) is 5.73. The van der Waals surface area contributed by atoms with Crippen LogP contribution in [0.15, 0.2) is 72.8 Å². The first-order valence-electron chi connectivity index (χ1n) is 8.84. The second-order valence-electron chi connectivity index (χ2n) is 6.58. The van der Waals surface area contributed by atoms with Crippen LogP contribution in [0.2, 0.25) is 0 Å². The predicted molar refractivity (Wildman–Crippen MR) is 109 cm³/mol. The number of carbonyl (C=O) groups excluding carboxylic acids is 2. The molecule has 4 heteroatoms. The normalized spacial score (nSPS) is 10.3. The van der Waals surface area contributed by atoms with E-state index in [0.717, 1.165) is 22.4 Å². The molecular formula is C23H22N2O2. The molecule has 2 amide bonds. The molecule has 0 aromatic heterocycles. The lowest BCUT2D eigenvalue weighted by atomic mass is 10.1. The maximum Gasteiger partial charge on any atom is 0.257 e. The minimum absolute atomic E-state index is 0.158. The van der Waals surface area contributed by atoms with Crippen molar-refractivity contribution in [2.24, 2.45) is 0 Å². The monoisotopic (exact) mass is 358 g/mol. The number of anilines is 2. The standard InChI is InChI=1S/C23H22N2O2/c1-16-10-12-18(13-11-16)15-22(26)25-21-9-4-3-8-20(21)23(27)24-19-7-5-6-17(2)14-19/h3-14H,15H2,1-2H3,(H,24,27)(H,25,26). The van der Waals surface area contributed by atoms with Gasteiger partial charge in [-0.1, -0.05) is 54.1 Å². The van der Waals surface area contributed by atoms with E-state index in [0.29, 0.717) is 11.3 Å². The molecule has 4 nitrogen and oxygen atoms in total. The molecule has 0 radical (unpaired) electrons.